The lowest BCUT2D eigenvalue weighted by atomic mass is 10.0. The molecule has 0 bridgehead atoms. The lowest BCUT2D eigenvalue weighted by Crippen LogP contribution is -2.40. The molecule has 0 aliphatic heterocycles. The van der Waals surface area contributed by atoms with Crippen LogP contribution in [0.1, 0.15) is 30.6 Å². The summed E-state index contributed by atoms with van der Waals surface area (Å²) >= 11 is 0. The highest BCUT2D eigenvalue weighted by Crippen LogP contribution is 2.10. The second-order valence-corrected chi connectivity index (χ2v) is 5.22. The first kappa shape index (κ1) is 15.9. The Morgan fingerprint density at radius 3 is 2.40 bits per heavy atom. The number of anilines is 1. The van der Waals surface area contributed by atoms with E-state index in [1.807, 2.05) is 32.8 Å². The molecular weight excluding hydrogens is 258 g/mol. The van der Waals surface area contributed by atoms with E-state index in [0.717, 1.165) is 5.82 Å². The number of rotatable bonds is 6. The first-order chi connectivity index (χ1) is 9.31. The molecule has 1 amide bonds. The zero-order chi connectivity index (χ0) is 15.3. The Morgan fingerprint density at radius 2 is 2.00 bits per heavy atom. The van der Waals surface area contributed by atoms with Gasteiger partial charge in [0.05, 0.1) is 12.0 Å². The number of carboxylic acid groups (broad SMARTS) is 1. The molecule has 6 heteroatoms. The second-order valence-electron chi connectivity index (χ2n) is 5.22. The number of carbonyl (C=O) groups is 2. The van der Waals surface area contributed by atoms with Crippen LogP contribution in [0.5, 0.6) is 0 Å². The first-order valence-electron chi connectivity index (χ1n) is 6.47. The number of nitrogens with zero attached hydrogens (tertiary/aromatic N) is 2. The van der Waals surface area contributed by atoms with Crippen LogP contribution >= 0.6 is 0 Å². The van der Waals surface area contributed by atoms with Gasteiger partial charge in [-0.2, -0.15) is 0 Å². The third-order valence-corrected chi connectivity index (χ3v) is 2.98. The maximum atomic E-state index is 12.1. The predicted octanol–water partition coefficient (Wildman–Crippen LogP) is 1.38. The van der Waals surface area contributed by atoms with Crippen LogP contribution in [0.2, 0.25) is 0 Å². The van der Waals surface area contributed by atoms with Gasteiger partial charge < -0.3 is 15.3 Å². The molecule has 0 saturated heterocycles. The molecule has 0 fully saturated rings. The summed E-state index contributed by atoms with van der Waals surface area (Å²) in [7, 11) is 3.73. The summed E-state index contributed by atoms with van der Waals surface area (Å²) in [4.78, 5) is 28.8. The number of hydrogen-bond donors (Lipinski definition) is 2. The molecule has 1 atom stereocenters. The van der Waals surface area contributed by atoms with Crippen LogP contribution in [-0.4, -0.2) is 42.1 Å². The predicted molar refractivity (Wildman–Crippen MR) is 76.9 cm³/mol. The molecule has 2 N–H and O–H groups in total. The zero-order valence-corrected chi connectivity index (χ0v) is 12.3. The number of pyridine rings is 1. The molecule has 1 unspecified atom stereocenters. The molecule has 110 valence electrons. The molecule has 0 aliphatic carbocycles. The minimum atomic E-state index is -0.926. The SMILES string of the molecule is CC(C)C(CC(=O)O)NC(=O)c1ccc(N(C)C)nc1. The van der Waals surface area contributed by atoms with Crippen LogP contribution in [0.25, 0.3) is 0 Å². The van der Waals surface area contributed by atoms with Crippen molar-refractivity contribution in [3.05, 3.63) is 23.9 Å². The lowest BCUT2D eigenvalue weighted by Gasteiger charge is -2.20. The molecular formula is C14H21N3O3. The van der Waals surface area contributed by atoms with Crippen LogP contribution in [0.3, 0.4) is 0 Å². The minimum absolute atomic E-state index is 0.0454. The van der Waals surface area contributed by atoms with Gasteiger partial charge in [0.1, 0.15) is 5.82 Å². The van der Waals surface area contributed by atoms with Crippen molar-refractivity contribution in [3.8, 4) is 0 Å². The molecule has 0 saturated carbocycles. The lowest BCUT2D eigenvalue weighted by molar-refractivity contribution is -0.137. The van der Waals surface area contributed by atoms with E-state index < -0.39 is 12.0 Å². The van der Waals surface area contributed by atoms with Crippen molar-refractivity contribution >= 4 is 17.7 Å². The number of aliphatic carboxylic acids is 1. The molecule has 6 nitrogen and oxygen atoms in total. The van der Waals surface area contributed by atoms with Gasteiger partial charge in [0, 0.05) is 26.3 Å². The third kappa shape index (κ3) is 4.53. The van der Waals surface area contributed by atoms with E-state index in [4.69, 9.17) is 5.11 Å². The van der Waals surface area contributed by atoms with Crippen molar-refractivity contribution in [2.75, 3.05) is 19.0 Å². The van der Waals surface area contributed by atoms with Crippen LogP contribution < -0.4 is 10.2 Å². The van der Waals surface area contributed by atoms with Crippen molar-refractivity contribution in [2.45, 2.75) is 26.3 Å². The van der Waals surface area contributed by atoms with E-state index in [2.05, 4.69) is 10.3 Å². The Hall–Kier alpha value is -2.11. The van der Waals surface area contributed by atoms with E-state index in [-0.39, 0.29) is 18.2 Å². The Labute approximate surface area is 118 Å². The number of nitrogens with one attached hydrogen (secondary N) is 1. The van der Waals surface area contributed by atoms with E-state index in [0.29, 0.717) is 5.56 Å². The van der Waals surface area contributed by atoms with E-state index in [9.17, 15) is 9.59 Å². The minimum Gasteiger partial charge on any atom is -0.481 e. The fourth-order valence-electron chi connectivity index (χ4n) is 1.68. The quantitative estimate of drug-likeness (QED) is 0.822. The summed E-state index contributed by atoms with van der Waals surface area (Å²) < 4.78 is 0. The molecule has 0 aliphatic rings. The standard InChI is InChI=1S/C14H21N3O3/c1-9(2)11(7-13(18)19)16-14(20)10-5-6-12(15-8-10)17(3)4/h5-6,8-9,11H,7H2,1-4H3,(H,16,20)(H,18,19). The first-order valence-corrected chi connectivity index (χ1v) is 6.47. The van der Waals surface area contributed by atoms with Crippen molar-refractivity contribution < 1.29 is 14.7 Å². The van der Waals surface area contributed by atoms with Gasteiger partial charge in [-0.25, -0.2) is 4.98 Å². The van der Waals surface area contributed by atoms with Crippen LogP contribution in [0, 0.1) is 5.92 Å². The Balaban J connectivity index is 2.75. The molecule has 1 heterocycles. The summed E-state index contributed by atoms with van der Waals surface area (Å²) in [6.07, 6.45) is 1.40. The fourth-order valence-corrected chi connectivity index (χ4v) is 1.68. The van der Waals surface area contributed by atoms with Crippen LogP contribution in [0.4, 0.5) is 5.82 Å². The zero-order valence-electron chi connectivity index (χ0n) is 12.3. The fraction of sp³-hybridized carbons (Fsp3) is 0.500. The van der Waals surface area contributed by atoms with Gasteiger partial charge in [0.25, 0.3) is 5.91 Å². The second kappa shape index (κ2) is 6.88. The molecule has 0 radical (unpaired) electrons. The highest BCUT2D eigenvalue weighted by Gasteiger charge is 2.20. The maximum absolute atomic E-state index is 12.1. The average molecular weight is 279 g/mol. The Kier molecular flexibility index (Phi) is 5.49. The summed E-state index contributed by atoms with van der Waals surface area (Å²) in [5.41, 5.74) is 0.423. The van der Waals surface area contributed by atoms with Crippen molar-refractivity contribution in [1.29, 1.82) is 0 Å². The number of aromatic nitrogens is 1. The Bertz CT molecular complexity index is 469. The normalized spacial score (nSPS) is 12.1. The van der Waals surface area contributed by atoms with Crippen LogP contribution in [-0.2, 0) is 4.79 Å². The molecule has 0 spiro atoms. The Morgan fingerprint density at radius 1 is 1.35 bits per heavy atom. The van der Waals surface area contributed by atoms with E-state index >= 15 is 0 Å². The maximum Gasteiger partial charge on any atom is 0.305 e. The highest BCUT2D eigenvalue weighted by molar-refractivity contribution is 5.94. The molecule has 0 aromatic carbocycles. The third-order valence-electron chi connectivity index (χ3n) is 2.98. The smallest absolute Gasteiger partial charge is 0.305 e. The van der Waals surface area contributed by atoms with Gasteiger partial charge in [-0.05, 0) is 18.1 Å². The van der Waals surface area contributed by atoms with Crippen molar-refractivity contribution in [1.82, 2.24) is 10.3 Å². The monoisotopic (exact) mass is 279 g/mol. The van der Waals surface area contributed by atoms with E-state index in [1.165, 1.54) is 6.20 Å². The number of carbonyl (C=O) groups excluding carboxylic acids is 1. The highest BCUT2D eigenvalue weighted by atomic mass is 16.4. The summed E-state index contributed by atoms with van der Waals surface area (Å²) in [6, 6.07) is 3.03. The molecule has 1 aromatic rings. The van der Waals surface area contributed by atoms with Gasteiger partial charge in [-0.1, -0.05) is 13.8 Å². The number of amides is 1. The average Bonchev–Trinajstić information content (AvgIpc) is 2.37. The van der Waals surface area contributed by atoms with E-state index in [1.54, 1.807) is 12.1 Å². The van der Waals surface area contributed by atoms with Gasteiger partial charge in [0.15, 0.2) is 0 Å². The molecule has 1 aromatic heterocycles. The van der Waals surface area contributed by atoms with Crippen LogP contribution in [0.15, 0.2) is 18.3 Å². The summed E-state index contributed by atoms with van der Waals surface area (Å²) in [5, 5.41) is 11.6. The number of carboxylic acids is 1. The van der Waals surface area contributed by atoms with Gasteiger partial charge in [-0.3, -0.25) is 9.59 Å². The van der Waals surface area contributed by atoms with Gasteiger partial charge >= 0.3 is 5.97 Å². The molecule has 20 heavy (non-hydrogen) atoms. The van der Waals surface area contributed by atoms with Gasteiger partial charge in [0.2, 0.25) is 0 Å². The van der Waals surface area contributed by atoms with Crippen molar-refractivity contribution in [2.24, 2.45) is 5.92 Å². The summed E-state index contributed by atoms with van der Waals surface area (Å²) in [6.45, 7) is 3.75. The number of hydrogen-bond acceptors (Lipinski definition) is 4. The largest absolute Gasteiger partial charge is 0.481 e. The van der Waals surface area contributed by atoms with Gasteiger partial charge in [-0.15, -0.1) is 0 Å². The topological polar surface area (TPSA) is 82.5 Å². The molecule has 1 rings (SSSR count). The summed E-state index contributed by atoms with van der Waals surface area (Å²) in [5.74, 6) is -0.426. The van der Waals surface area contributed by atoms with Crippen molar-refractivity contribution in [3.63, 3.8) is 0 Å².